The lowest BCUT2D eigenvalue weighted by molar-refractivity contribution is 0.109. The minimum atomic E-state index is -2.86. The first-order valence-electron chi connectivity index (χ1n) is 5.79. The van der Waals surface area contributed by atoms with E-state index in [1.807, 2.05) is 6.92 Å². The number of nitrogens with one attached hydrogen (secondary N) is 1. The Kier molecular flexibility index (Phi) is 3.98. The molecular weight excluding hydrogens is 258 g/mol. The van der Waals surface area contributed by atoms with Crippen molar-refractivity contribution in [2.75, 3.05) is 18.6 Å². The van der Waals surface area contributed by atoms with Gasteiger partial charge in [0.15, 0.2) is 15.7 Å². The number of ether oxygens (including phenoxy) is 1. The normalized spacial score (nSPS) is 24.2. The van der Waals surface area contributed by atoms with Gasteiger partial charge in [0, 0.05) is 13.2 Å². The fourth-order valence-electron chi connectivity index (χ4n) is 1.80. The summed E-state index contributed by atoms with van der Waals surface area (Å²) in [4.78, 5) is 4.16. The Bertz CT molecular complexity index is 499. The number of sulfone groups is 1. The van der Waals surface area contributed by atoms with E-state index in [-0.39, 0.29) is 23.7 Å². The fourth-order valence-corrected chi connectivity index (χ4v) is 3.51. The van der Waals surface area contributed by atoms with Gasteiger partial charge in [0.25, 0.3) is 0 Å². The smallest absolute Gasteiger partial charge is 0.240 e. The van der Waals surface area contributed by atoms with E-state index < -0.39 is 9.84 Å². The predicted molar refractivity (Wildman–Crippen MR) is 63.6 cm³/mol. The van der Waals surface area contributed by atoms with Gasteiger partial charge in [0.2, 0.25) is 5.89 Å². The Morgan fingerprint density at radius 3 is 3.00 bits per heavy atom. The fraction of sp³-hybridized carbons (Fsp3) is 0.800. The molecule has 1 fully saturated rings. The first-order valence-corrected chi connectivity index (χ1v) is 7.61. The number of hydrogen-bond donors (Lipinski definition) is 1. The molecule has 0 saturated carbocycles. The quantitative estimate of drug-likeness (QED) is 0.811. The van der Waals surface area contributed by atoms with Crippen molar-refractivity contribution in [3.63, 3.8) is 0 Å². The summed E-state index contributed by atoms with van der Waals surface area (Å²) in [5, 5.41) is 6.90. The van der Waals surface area contributed by atoms with E-state index in [1.165, 1.54) is 0 Å². The number of rotatable bonds is 5. The van der Waals surface area contributed by atoms with Crippen LogP contribution in [0, 0.1) is 0 Å². The van der Waals surface area contributed by atoms with Crippen LogP contribution in [-0.4, -0.2) is 43.2 Å². The zero-order valence-corrected chi connectivity index (χ0v) is 11.2. The standard InChI is InChI=1S/C10H17N3O4S/c1-7(16-2)10-12-9(17-13-10)5-11-8-3-4-18(14,15)6-8/h7-8,11H,3-6H2,1-2H3. The first kappa shape index (κ1) is 13.4. The molecule has 0 aliphatic carbocycles. The SMILES string of the molecule is COC(C)c1noc(CNC2CCS(=O)(=O)C2)n1. The zero-order chi connectivity index (χ0) is 13.2. The second-order valence-electron chi connectivity index (χ2n) is 4.41. The van der Waals surface area contributed by atoms with E-state index in [1.54, 1.807) is 7.11 Å². The highest BCUT2D eigenvalue weighted by molar-refractivity contribution is 7.91. The van der Waals surface area contributed by atoms with Gasteiger partial charge in [-0.05, 0) is 13.3 Å². The van der Waals surface area contributed by atoms with Crippen LogP contribution in [0.3, 0.4) is 0 Å². The number of nitrogens with zero attached hydrogens (tertiary/aromatic N) is 2. The van der Waals surface area contributed by atoms with Gasteiger partial charge in [0.1, 0.15) is 6.10 Å². The van der Waals surface area contributed by atoms with Crippen LogP contribution in [0.1, 0.15) is 31.2 Å². The summed E-state index contributed by atoms with van der Waals surface area (Å²) in [5.74, 6) is 1.37. The van der Waals surface area contributed by atoms with Crippen LogP contribution >= 0.6 is 0 Å². The largest absolute Gasteiger partial charge is 0.374 e. The zero-order valence-electron chi connectivity index (χ0n) is 10.4. The van der Waals surface area contributed by atoms with Crippen LogP contribution in [0.4, 0.5) is 0 Å². The molecule has 1 aromatic rings. The summed E-state index contributed by atoms with van der Waals surface area (Å²) in [6.07, 6.45) is 0.423. The molecule has 1 aliphatic heterocycles. The maximum atomic E-state index is 11.3. The molecule has 2 atom stereocenters. The minimum absolute atomic E-state index is 0.0230. The van der Waals surface area contributed by atoms with Crippen molar-refractivity contribution >= 4 is 9.84 Å². The molecular formula is C10H17N3O4S. The molecule has 18 heavy (non-hydrogen) atoms. The van der Waals surface area contributed by atoms with Gasteiger partial charge in [-0.15, -0.1) is 0 Å². The average Bonchev–Trinajstić information content (AvgIpc) is 2.92. The van der Waals surface area contributed by atoms with Crippen LogP contribution < -0.4 is 5.32 Å². The number of hydrogen-bond acceptors (Lipinski definition) is 7. The van der Waals surface area contributed by atoms with Gasteiger partial charge >= 0.3 is 0 Å². The van der Waals surface area contributed by atoms with E-state index in [4.69, 9.17) is 9.26 Å². The van der Waals surface area contributed by atoms with Crippen LogP contribution in [0.5, 0.6) is 0 Å². The monoisotopic (exact) mass is 275 g/mol. The summed E-state index contributed by atoms with van der Waals surface area (Å²) in [6, 6.07) is -0.0230. The van der Waals surface area contributed by atoms with Gasteiger partial charge in [-0.2, -0.15) is 4.98 Å². The molecule has 1 saturated heterocycles. The molecule has 0 spiro atoms. The number of aromatic nitrogens is 2. The molecule has 8 heteroatoms. The molecule has 0 amide bonds. The van der Waals surface area contributed by atoms with Gasteiger partial charge < -0.3 is 14.6 Å². The topological polar surface area (TPSA) is 94.3 Å². The Labute approximate surface area is 106 Å². The summed E-state index contributed by atoms with van der Waals surface area (Å²) in [7, 11) is -1.29. The lowest BCUT2D eigenvalue weighted by Gasteiger charge is -2.07. The van der Waals surface area contributed by atoms with E-state index >= 15 is 0 Å². The van der Waals surface area contributed by atoms with Crippen LogP contribution in [0.15, 0.2) is 4.52 Å². The second kappa shape index (κ2) is 5.33. The molecule has 2 heterocycles. The molecule has 0 aromatic carbocycles. The Balaban J connectivity index is 1.86. The predicted octanol–water partition coefficient (Wildman–Crippen LogP) is 0.0537. The summed E-state index contributed by atoms with van der Waals surface area (Å²) < 4.78 is 32.7. The van der Waals surface area contributed by atoms with Crippen molar-refractivity contribution in [3.05, 3.63) is 11.7 Å². The maximum Gasteiger partial charge on any atom is 0.240 e. The van der Waals surface area contributed by atoms with Crippen LogP contribution in [-0.2, 0) is 21.1 Å². The molecule has 7 nitrogen and oxygen atoms in total. The van der Waals surface area contributed by atoms with Crippen molar-refractivity contribution in [2.45, 2.75) is 32.0 Å². The maximum absolute atomic E-state index is 11.3. The average molecular weight is 275 g/mol. The van der Waals surface area contributed by atoms with Gasteiger partial charge in [-0.25, -0.2) is 8.42 Å². The first-order chi connectivity index (χ1) is 8.50. The number of methoxy groups -OCH3 is 1. The molecule has 2 rings (SSSR count). The Morgan fingerprint density at radius 1 is 1.61 bits per heavy atom. The molecule has 1 aliphatic rings. The van der Waals surface area contributed by atoms with Crippen molar-refractivity contribution in [3.8, 4) is 0 Å². The third kappa shape index (κ3) is 3.27. The van der Waals surface area contributed by atoms with E-state index in [2.05, 4.69) is 15.5 Å². The lowest BCUT2D eigenvalue weighted by atomic mass is 10.3. The molecule has 2 unspecified atom stereocenters. The minimum Gasteiger partial charge on any atom is -0.374 e. The molecule has 1 aromatic heterocycles. The van der Waals surface area contributed by atoms with Crippen LogP contribution in [0.2, 0.25) is 0 Å². The molecule has 102 valence electrons. The van der Waals surface area contributed by atoms with Gasteiger partial charge in [-0.1, -0.05) is 5.16 Å². The Morgan fingerprint density at radius 2 is 2.39 bits per heavy atom. The summed E-state index contributed by atoms with van der Waals surface area (Å²) in [6.45, 7) is 2.20. The Hall–Kier alpha value is -0.990. The molecule has 1 N–H and O–H groups in total. The summed E-state index contributed by atoms with van der Waals surface area (Å²) >= 11 is 0. The lowest BCUT2D eigenvalue weighted by Crippen LogP contribution is -2.29. The van der Waals surface area contributed by atoms with Gasteiger partial charge in [0.05, 0.1) is 18.1 Å². The highest BCUT2D eigenvalue weighted by Crippen LogP contribution is 2.13. The third-order valence-electron chi connectivity index (χ3n) is 2.98. The molecule has 0 radical (unpaired) electrons. The van der Waals surface area contributed by atoms with Crippen molar-refractivity contribution < 1.29 is 17.7 Å². The molecule has 0 bridgehead atoms. The van der Waals surface area contributed by atoms with E-state index in [0.29, 0.717) is 24.7 Å². The second-order valence-corrected chi connectivity index (χ2v) is 6.63. The van der Waals surface area contributed by atoms with Crippen molar-refractivity contribution in [1.29, 1.82) is 0 Å². The van der Waals surface area contributed by atoms with Crippen molar-refractivity contribution in [1.82, 2.24) is 15.5 Å². The van der Waals surface area contributed by atoms with E-state index in [9.17, 15) is 8.42 Å². The highest BCUT2D eigenvalue weighted by Gasteiger charge is 2.27. The summed E-state index contributed by atoms with van der Waals surface area (Å²) in [5.41, 5.74) is 0. The van der Waals surface area contributed by atoms with Crippen LogP contribution in [0.25, 0.3) is 0 Å². The van der Waals surface area contributed by atoms with Crippen molar-refractivity contribution in [2.24, 2.45) is 0 Å². The van der Waals surface area contributed by atoms with E-state index in [0.717, 1.165) is 0 Å². The van der Waals surface area contributed by atoms with Gasteiger partial charge in [-0.3, -0.25) is 0 Å². The highest BCUT2D eigenvalue weighted by atomic mass is 32.2. The third-order valence-corrected chi connectivity index (χ3v) is 4.74.